The van der Waals surface area contributed by atoms with E-state index < -0.39 is 0 Å². The predicted octanol–water partition coefficient (Wildman–Crippen LogP) is 1.43. The largest absolute Gasteiger partial charge is 0.395 e. The Hall–Kier alpha value is -0.860. The van der Waals surface area contributed by atoms with Crippen molar-refractivity contribution >= 4 is 0 Å². The molecule has 0 bridgehead atoms. The molecule has 1 saturated heterocycles. The molecule has 0 aliphatic carbocycles. The van der Waals surface area contributed by atoms with Crippen molar-refractivity contribution in [2.24, 2.45) is 0 Å². The van der Waals surface area contributed by atoms with E-state index in [1.54, 1.807) is 0 Å². The van der Waals surface area contributed by atoms with Crippen LogP contribution in [0.3, 0.4) is 0 Å². The molecule has 2 nitrogen and oxygen atoms in total. The van der Waals surface area contributed by atoms with E-state index in [0.29, 0.717) is 5.92 Å². The molecule has 1 aromatic carbocycles. The van der Waals surface area contributed by atoms with Crippen molar-refractivity contribution in [1.29, 1.82) is 0 Å². The van der Waals surface area contributed by atoms with E-state index in [1.807, 2.05) is 0 Å². The lowest BCUT2D eigenvalue weighted by molar-refractivity contribution is 0.245. The van der Waals surface area contributed by atoms with Gasteiger partial charge in [-0.3, -0.25) is 0 Å². The van der Waals surface area contributed by atoms with Crippen LogP contribution in [-0.2, 0) is 0 Å². The Morgan fingerprint density at radius 2 is 2.07 bits per heavy atom. The van der Waals surface area contributed by atoms with Gasteiger partial charge in [0.15, 0.2) is 0 Å². The van der Waals surface area contributed by atoms with Crippen LogP contribution in [0.5, 0.6) is 0 Å². The molecule has 76 valence electrons. The first kappa shape index (κ1) is 9.69. The minimum absolute atomic E-state index is 0.235. The quantitative estimate of drug-likeness (QED) is 0.741. The number of benzene rings is 1. The highest BCUT2D eigenvalue weighted by molar-refractivity contribution is 5.26. The van der Waals surface area contributed by atoms with Gasteiger partial charge in [-0.15, -0.1) is 0 Å². The standard InChI is InChI=1S/C12H17NO/c1-9-2-4-10(5-3-9)11-6-7-13-12(11)8-14/h2-5,11-14H,6-8H2,1H3/t11-,12-/m0/s1. The van der Waals surface area contributed by atoms with E-state index in [9.17, 15) is 5.11 Å². The fourth-order valence-corrected chi connectivity index (χ4v) is 2.17. The van der Waals surface area contributed by atoms with Crippen LogP contribution in [0, 0.1) is 6.92 Å². The highest BCUT2D eigenvalue weighted by Crippen LogP contribution is 2.27. The monoisotopic (exact) mass is 191 g/mol. The molecule has 2 atom stereocenters. The van der Waals surface area contributed by atoms with Gasteiger partial charge in [-0.25, -0.2) is 0 Å². The Morgan fingerprint density at radius 3 is 2.71 bits per heavy atom. The Morgan fingerprint density at radius 1 is 1.36 bits per heavy atom. The van der Waals surface area contributed by atoms with E-state index in [4.69, 9.17) is 0 Å². The van der Waals surface area contributed by atoms with Gasteiger partial charge in [0.25, 0.3) is 0 Å². The lowest BCUT2D eigenvalue weighted by Crippen LogP contribution is -2.29. The maximum atomic E-state index is 9.19. The fourth-order valence-electron chi connectivity index (χ4n) is 2.17. The van der Waals surface area contributed by atoms with Crippen LogP contribution in [0.2, 0.25) is 0 Å². The summed E-state index contributed by atoms with van der Waals surface area (Å²) in [7, 11) is 0. The smallest absolute Gasteiger partial charge is 0.0590 e. The summed E-state index contributed by atoms with van der Waals surface area (Å²) < 4.78 is 0. The summed E-state index contributed by atoms with van der Waals surface area (Å²) in [6.07, 6.45) is 1.13. The molecule has 0 aromatic heterocycles. The van der Waals surface area contributed by atoms with E-state index in [2.05, 4.69) is 36.5 Å². The zero-order valence-corrected chi connectivity index (χ0v) is 8.53. The Kier molecular flexibility index (Phi) is 2.85. The van der Waals surface area contributed by atoms with Gasteiger partial charge in [-0.1, -0.05) is 29.8 Å². The second-order valence-corrected chi connectivity index (χ2v) is 4.05. The van der Waals surface area contributed by atoms with Gasteiger partial charge in [-0.05, 0) is 25.5 Å². The van der Waals surface area contributed by atoms with E-state index >= 15 is 0 Å². The van der Waals surface area contributed by atoms with Crippen molar-refractivity contribution in [1.82, 2.24) is 5.32 Å². The molecule has 0 unspecified atom stereocenters. The molecule has 0 radical (unpaired) electrons. The zero-order chi connectivity index (χ0) is 9.97. The normalized spacial score (nSPS) is 26.7. The average Bonchev–Trinajstić information content (AvgIpc) is 2.67. The summed E-state index contributed by atoms with van der Waals surface area (Å²) in [5.74, 6) is 0.487. The van der Waals surface area contributed by atoms with Crippen molar-refractivity contribution in [3.8, 4) is 0 Å². The van der Waals surface area contributed by atoms with Crippen molar-refractivity contribution in [3.63, 3.8) is 0 Å². The molecule has 1 aliphatic heterocycles. The van der Waals surface area contributed by atoms with Crippen LogP contribution in [0.1, 0.15) is 23.5 Å². The van der Waals surface area contributed by atoms with Crippen LogP contribution < -0.4 is 5.32 Å². The van der Waals surface area contributed by atoms with Crippen LogP contribution in [0.4, 0.5) is 0 Å². The summed E-state index contributed by atoms with van der Waals surface area (Å²) >= 11 is 0. The number of aryl methyl sites for hydroxylation is 1. The van der Waals surface area contributed by atoms with E-state index in [-0.39, 0.29) is 12.6 Å². The molecule has 1 aromatic rings. The van der Waals surface area contributed by atoms with Crippen molar-refractivity contribution in [2.75, 3.05) is 13.2 Å². The van der Waals surface area contributed by atoms with E-state index in [1.165, 1.54) is 11.1 Å². The van der Waals surface area contributed by atoms with Gasteiger partial charge >= 0.3 is 0 Å². The average molecular weight is 191 g/mol. The zero-order valence-electron chi connectivity index (χ0n) is 8.53. The predicted molar refractivity (Wildman–Crippen MR) is 57.4 cm³/mol. The van der Waals surface area contributed by atoms with Crippen molar-refractivity contribution in [3.05, 3.63) is 35.4 Å². The third-order valence-electron chi connectivity index (χ3n) is 3.05. The molecule has 1 heterocycles. The first-order valence-electron chi connectivity index (χ1n) is 5.22. The number of rotatable bonds is 2. The molecule has 0 saturated carbocycles. The van der Waals surface area contributed by atoms with Crippen molar-refractivity contribution in [2.45, 2.75) is 25.3 Å². The molecule has 1 fully saturated rings. The third kappa shape index (κ3) is 1.81. The number of nitrogens with one attached hydrogen (secondary N) is 1. The first-order chi connectivity index (χ1) is 6.81. The summed E-state index contributed by atoms with van der Waals surface area (Å²) in [5, 5.41) is 12.5. The summed E-state index contributed by atoms with van der Waals surface area (Å²) in [6.45, 7) is 3.35. The van der Waals surface area contributed by atoms with Crippen LogP contribution >= 0.6 is 0 Å². The fraction of sp³-hybridized carbons (Fsp3) is 0.500. The van der Waals surface area contributed by atoms with Gasteiger partial charge in [-0.2, -0.15) is 0 Å². The topological polar surface area (TPSA) is 32.3 Å². The highest BCUT2D eigenvalue weighted by atomic mass is 16.3. The molecular weight excluding hydrogens is 174 g/mol. The second kappa shape index (κ2) is 4.11. The molecule has 2 rings (SSSR count). The molecule has 2 N–H and O–H groups in total. The van der Waals surface area contributed by atoms with Gasteiger partial charge < -0.3 is 10.4 Å². The van der Waals surface area contributed by atoms with Gasteiger partial charge in [0.05, 0.1) is 6.61 Å². The first-order valence-corrected chi connectivity index (χ1v) is 5.22. The molecule has 0 spiro atoms. The molecule has 14 heavy (non-hydrogen) atoms. The van der Waals surface area contributed by atoms with Gasteiger partial charge in [0, 0.05) is 12.0 Å². The van der Waals surface area contributed by atoms with Crippen LogP contribution in [-0.4, -0.2) is 24.3 Å². The van der Waals surface area contributed by atoms with Crippen molar-refractivity contribution < 1.29 is 5.11 Å². The van der Waals surface area contributed by atoms with Crippen LogP contribution in [0.15, 0.2) is 24.3 Å². The summed E-state index contributed by atoms with van der Waals surface area (Å²) in [5.41, 5.74) is 2.64. The highest BCUT2D eigenvalue weighted by Gasteiger charge is 2.26. The summed E-state index contributed by atoms with van der Waals surface area (Å²) in [4.78, 5) is 0. The molecule has 0 amide bonds. The number of hydrogen-bond acceptors (Lipinski definition) is 2. The summed E-state index contributed by atoms with van der Waals surface area (Å²) in [6, 6.07) is 8.88. The maximum absolute atomic E-state index is 9.19. The molecule has 1 aliphatic rings. The Bertz CT molecular complexity index is 294. The Balaban J connectivity index is 2.17. The second-order valence-electron chi connectivity index (χ2n) is 4.05. The lowest BCUT2D eigenvalue weighted by atomic mass is 9.92. The lowest BCUT2D eigenvalue weighted by Gasteiger charge is -2.17. The minimum atomic E-state index is 0.235. The third-order valence-corrected chi connectivity index (χ3v) is 3.05. The van der Waals surface area contributed by atoms with Gasteiger partial charge in [0.2, 0.25) is 0 Å². The number of aliphatic hydroxyl groups is 1. The van der Waals surface area contributed by atoms with Gasteiger partial charge in [0.1, 0.15) is 0 Å². The van der Waals surface area contributed by atoms with Crippen LogP contribution in [0.25, 0.3) is 0 Å². The molecule has 2 heteroatoms. The SMILES string of the molecule is Cc1ccc([C@@H]2CCN[C@H]2CO)cc1. The molecular formula is C12H17NO. The van der Waals surface area contributed by atoms with E-state index in [0.717, 1.165) is 13.0 Å². The maximum Gasteiger partial charge on any atom is 0.0590 e. The minimum Gasteiger partial charge on any atom is -0.395 e. The number of hydrogen-bond donors (Lipinski definition) is 2. The Labute approximate surface area is 85.0 Å². The number of aliphatic hydroxyl groups excluding tert-OH is 1.